The smallest absolute Gasteiger partial charge is 0.496 e. The van der Waals surface area contributed by atoms with E-state index in [1.807, 2.05) is 0 Å². The zero-order valence-corrected chi connectivity index (χ0v) is 14.0. The fourth-order valence-corrected chi connectivity index (χ4v) is 2.29. The van der Waals surface area contributed by atoms with Crippen molar-refractivity contribution >= 4 is 12.4 Å². The molecule has 1 aromatic carbocycles. The van der Waals surface area contributed by atoms with E-state index in [0.717, 1.165) is 37.8 Å². The molecule has 1 fully saturated rings. The SMILES string of the molecule is Fc1ccc(OCC2CCCC2)c([B-](F)(F)F)c1.[K+]. The van der Waals surface area contributed by atoms with Crippen LogP contribution in [0.25, 0.3) is 0 Å². The van der Waals surface area contributed by atoms with Crippen molar-refractivity contribution in [2.24, 2.45) is 5.92 Å². The largest absolute Gasteiger partial charge is 1.00 e. The van der Waals surface area contributed by atoms with Gasteiger partial charge in [-0.15, -0.1) is 0 Å². The summed E-state index contributed by atoms with van der Waals surface area (Å²) in [6.07, 6.45) is 4.20. The van der Waals surface area contributed by atoms with E-state index in [4.69, 9.17) is 4.74 Å². The molecule has 0 heterocycles. The Kier molecular flexibility index (Phi) is 6.86. The van der Waals surface area contributed by atoms with Gasteiger partial charge in [0.1, 0.15) is 5.82 Å². The van der Waals surface area contributed by atoms with Crippen molar-refractivity contribution in [2.75, 3.05) is 6.61 Å². The molecule has 100 valence electrons. The fourth-order valence-electron chi connectivity index (χ4n) is 2.29. The van der Waals surface area contributed by atoms with Crippen LogP contribution in [0.1, 0.15) is 25.7 Å². The van der Waals surface area contributed by atoms with Crippen molar-refractivity contribution in [3.63, 3.8) is 0 Å². The van der Waals surface area contributed by atoms with E-state index < -0.39 is 18.3 Å². The van der Waals surface area contributed by atoms with E-state index in [-0.39, 0.29) is 63.7 Å². The predicted octanol–water partition coefficient (Wildman–Crippen LogP) is 0.453. The molecule has 0 saturated heterocycles. The average Bonchev–Trinajstić information content (AvgIpc) is 2.79. The Morgan fingerprint density at radius 1 is 1.16 bits per heavy atom. The molecular formula is C12H14BF4KO. The topological polar surface area (TPSA) is 9.23 Å². The summed E-state index contributed by atoms with van der Waals surface area (Å²) in [6.45, 7) is -4.97. The Balaban J connectivity index is 0.00000180. The van der Waals surface area contributed by atoms with Gasteiger partial charge < -0.3 is 17.7 Å². The maximum Gasteiger partial charge on any atom is 1.00 e. The van der Waals surface area contributed by atoms with E-state index in [2.05, 4.69) is 0 Å². The van der Waals surface area contributed by atoms with E-state index in [1.165, 1.54) is 0 Å². The number of rotatable bonds is 4. The summed E-state index contributed by atoms with van der Waals surface area (Å²) in [5, 5.41) is 0. The molecule has 1 aliphatic rings. The van der Waals surface area contributed by atoms with Crippen molar-refractivity contribution in [2.45, 2.75) is 25.7 Å². The molecule has 0 unspecified atom stereocenters. The molecule has 2 rings (SSSR count). The number of halogens is 4. The van der Waals surface area contributed by atoms with Gasteiger partial charge in [-0.2, -0.15) is 0 Å². The molecule has 0 atom stereocenters. The maximum atomic E-state index is 12.9. The van der Waals surface area contributed by atoms with Crippen LogP contribution in [0.3, 0.4) is 0 Å². The van der Waals surface area contributed by atoms with Gasteiger partial charge in [0.25, 0.3) is 0 Å². The molecule has 0 amide bonds. The summed E-state index contributed by atoms with van der Waals surface area (Å²) < 4.78 is 56.3. The van der Waals surface area contributed by atoms with Crippen molar-refractivity contribution in [1.29, 1.82) is 0 Å². The van der Waals surface area contributed by atoms with Crippen LogP contribution in [-0.2, 0) is 0 Å². The minimum Gasteiger partial charge on any atom is -0.496 e. The van der Waals surface area contributed by atoms with Crippen LogP contribution in [0.5, 0.6) is 5.75 Å². The molecule has 1 nitrogen and oxygen atoms in total. The molecule has 0 spiro atoms. The summed E-state index contributed by atoms with van der Waals surface area (Å²) in [6, 6.07) is 2.56. The molecule has 1 aliphatic carbocycles. The Labute approximate surface area is 152 Å². The standard InChI is InChI=1S/C12H14BF4O.K/c14-10-5-6-12(11(7-10)13(15,16)17)18-8-9-3-1-2-4-9;/h5-7,9H,1-4,8H2;/q-1;+1. The number of ether oxygens (including phenoxy) is 1. The summed E-state index contributed by atoms with van der Waals surface area (Å²) in [7, 11) is 0. The Morgan fingerprint density at radius 3 is 2.37 bits per heavy atom. The Morgan fingerprint density at radius 2 is 1.79 bits per heavy atom. The van der Waals surface area contributed by atoms with Gasteiger partial charge in [0.2, 0.25) is 0 Å². The minimum atomic E-state index is -5.25. The van der Waals surface area contributed by atoms with Gasteiger partial charge in [-0.1, -0.05) is 18.3 Å². The van der Waals surface area contributed by atoms with Gasteiger partial charge in [-0.05, 0) is 37.0 Å². The molecule has 0 aromatic heterocycles. The second kappa shape index (κ2) is 7.45. The van der Waals surface area contributed by atoms with Gasteiger partial charge in [0.05, 0.1) is 12.4 Å². The second-order valence-corrected chi connectivity index (χ2v) is 4.72. The molecule has 0 radical (unpaired) electrons. The van der Waals surface area contributed by atoms with Crippen molar-refractivity contribution < 1.29 is 73.5 Å². The maximum absolute atomic E-state index is 12.9. The van der Waals surface area contributed by atoms with E-state index in [9.17, 15) is 17.3 Å². The minimum absolute atomic E-state index is 0. The third-order valence-corrected chi connectivity index (χ3v) is 3.27. The summed E-state index contributed by atoms with van der Waals surface area (Å²) >= 11 is 0. The first-order valence-corrected chi connectivity index (χ1v) is 6.09. The molecule has 19 heavy (non-hydrogen) atoms. The van der Waals surface area contributed by atoms with Gasteiger partial charge >= 0.3 is 58.4 Å². The number of hydrogen-bond acceptors (Lipinski definition) is 1. The Bertz CT molecular complexity index is 419. The first-order chi connectivity index (χ1) is 8.47. The number of benzene rings is 1. The number of hydrogen-bond donors (Lipinski definition) is 0. The van der Waals surface area contributed by atoms with Gasteiger partial charge in [-0.25, -0.2) is 4.39 Å². The van der Waals surface area contributed by atoms with Crippen LogP contribution in [0.2, 0.25) is 0 Å². The van der Waals surface area contributed by atoms with Crippen LogP contribution in [0, 0.1) is 11.7 Å². The Hall–Kier alpha value is 0.441. The van der Waals surface area contributed by atoms with E-state index >= 15 is 0 Å². The first kappa shape index (κ1) is 17.5. The quantitative estimate of drug-likeness (QED) is 0.580. The summed E-state index contributed by atoms with van der Waals surface area (Å²) in [5.74, 6) is -0.822. The zero-order chi connectivity index (χ0) is 13.2. The fraction of sp³-hybridized carbons (Fsp3) is 0.500. The molecule has 0 N–H and O–H groups in total. The summed E-state index contributed by atoms with van der Waals surface area (Å²) in [5.41, 5.74) is -0.979. The van der Waals surface area contributed by atoms with E-state index in [0.29, 0.717) is 12.0 Å². The van der Waals surface area contributed by atoms with Crippen LogP contribution in [0.4, 0.5) is 17.3 Å². The predicted molar refractivity (Wildman–Crippen MR) is 62.6 cm³/mol. The van der Waals surface area contributed by atoms with E-state index in [1.54, 1.807) is 0 Å². The summed E-state index contributed by atoms with van der Waals surface area (Å²) in [4.78, 5) is 0. The monoisotopic (exact) mass is 300 g/mol. The van der Waals surface area contributed by atoms with Gasteiger partial charge in [0, 0.05) is 0 Å². The third kappa shape index (κ3) is 5.04. The van der Waals surface area contributed by atoms with Crippen LogP contribution < -0.4 is 61.6 Å². The van der Waals surface area contributed by atoms with Crippen molar-refractivity contribution in [1.82, 2.24) is 0 Å². The van der Waals surface area contributed by atoms with Crippen LogP contribution in [0.15, 0.2) is 18.2 Å². The van der Waals surface area contributed by atoms with Crippen LogP contribution >= 0.6 is 0 Å². The zero-order valence-electron chi connectivity index (χ0n) is 10.8. The molecule has 7 heteroatoms. The van der Waals surface area contributed by atoms with Crippen molar-refractivity contribution in [3.8, 4) is 5.75 Å². The molecule has 1 aromatic rings. The van der Waals surface area contributed by atoms with Crippen molar-refractivity contribution in [3.05, 3.63) is 24.0 Å². The van der Waals surface area contributed by atoms with Gasteiger partial charge in [-0.3, -0.25) is 0 Å². The first-order valence-electron chi connectivity index (χ1n) is 6.09. The molecule has 0 bridgehead atoms. The third-order valence-electron chi connectivity index (χ3n) is 3.27. The average molecular weight is 300 g/mol. The van der Waals surface area contributed by atoms with Gasteiger partial charge in [0.15, 0.2) is 0 Å². The molecular weight excluding hydrogens is 286 g/mol. The normalized spacial score (nSPS) is 16.2. The molecule has 1 saturated carbocycles. The van der Waals surface area contributed by atoms with Crippen LogP contribution in [-0.4, -0.2) is 13.6 Å². The second-order valence-electron chi connectivity index (χ2n) is 4.72. The molecule has 0 aliphatic heterocycles.